The summed E-state index contributed by atoms with van der Waals surface area (Å²) in [5.74, 6) is 0.698. The van der Waals surface area contributed by atoms with Gasteiger partial charge in [0.05, 0.1) is 11.5 Å². The monoisotopic (exact) mass is 425 g/mol. The SMILES string of the molecule is CC[C@@H](C)[C@H](NC(=O)NC1CCS(=O)(=O)C1)C(=O)Nc1ccc2c(c1)OCCO2. The Bertz CT molecular complexity index is 873. The van der Waals surface area contributed by atoms with E-state index in [9.17, 15) is 18.0 Å². The summed E-state index contributed by atoms with van der Waals surface area (Å²) in [5.41, 5.74) is 0.539. The highest BCUT2D eigenvalue weighted by Gasteiger charge is 2.31. The predicted octanol–water partition coefficient (Wildman–Crippen LogP) is 1.30. The number of amides is 3. The van der Waals surface area contributed by atoms with Gasteiger partial charge in [-0.25, -0.2) is 13.2 Å². The second-order valence-electron chi connectivity index (χ2n) is 7.43. The topological polar surface area (TPSA) is 123 Å². The Hall–Kier alpha value is -2.49. The van der Waals surface area contributed by atoms with E-state index in [0.717, 1.165) is 0 Å². The molecule has 2 heterocycles. The molecule has 0 aromatic heterocycles. The number of rotatable bonds is 6. The Labute approximate surface area is 170 Å². The Morgan fingerprint density at radius 3 is 2.59 bits per heavy atom. The molecule has 9 nitrogen and oxygen atoms in total. The fourth-order valence-electron chi connectivity index (χ4n) is 3.32. The highest BCUT2D eigenvalue weighted by Crippen LogP contribution is 2.32. The number of ether oxygens (including phenoxy) is 2. The molecule has 10 heteroatoms. The van der Waals surface area contributed by atoms with Gasteiger partial charge in [0.1, 0.15) is 19.3 Å². The maximum atomic E-state index is 12.8. The maximum absolute atomic E-state index is 12.8. The van der Waals surface area contributed by atoms with Crippen LogP contribution >= 0.6 is 0 Å². The van der Waals surface area contributed by atoms with Gasteiger partial charge in [0.25, 0.3) is 0 Å². The molecule has 2 aliphatic heterocycles. The van der Waals surface area contributed by atoms with Gasteiger partial charge in [-0.2, -0.15) is 0 Å². The van der Waals surface area contributed by atoms with Crippen LogP contribution in [0.2, 0.25) is 0 Å². The van der Waals surface area contributed by atoms with Crippen molar-refractivity contribution in [3.8, 4) is 11.5 Å². The molecule has 1 fully saturated rings. The van der Waals surface area contributed by atoms with E-state index in [1.54, 1.807) is 18.2 Å². The molecule has 0 radical (unpaired) electrons. The predicted molar refractivity (Wildman–Crippen MR) is 108 cm³/mol. The van der Waals surface area contributed by atoms with Crippen LogP contribution < -0.4 is 25.4 Å². The molecule has 0 bridgehead atoms. The molecule has 1 saturated heterocycles. The number of nitrogens with one attached hydrogen (secondary N) is 3. The van der Waals surface area contributed by atoms with Gasteiger partial charge < -0.3 is 25.4 Å². The molecule has 3 rings (SSSR count). The lowest BCUT2D eigenvalue weighted by molar-refractivity contribution is -0.119. The first-order valence-corrected chi connectivity index (χ1v) is 11.6. The fraction of sp³-hybridized carbons (Fsp3) is 0.579. The lowest BCUT2D eigenvalue weighted by atomic mass is 9.98. The quantitative estimate of drug-likeness (QED) is 0.631. The van der Waals surface area contributed by atoms with Crippen molar-refractivity contribution in [1.82, 2.24) is 10.6 Å². The zero-order chi connectivity index (χ0) is 21.0. The highest BCUT2D eigenvalue weighted by atomic mass is 32.2. The summed E-state index contributed by atoms with van der Waals surface area (Å²) in [6.45, 7) is 4.72. The van der Waals surface area contributed by atoms with Crippen LogP contribution in [-0.2, 0) is 14.6 Å². The normalized spacial score (nSPS) is 21.7. The van der Waals surface area contributed by atoms with Crippen LogP contribution in [-0.4, -0.2) is 57.2 Å². The van der Waals surface area contributed by atoms with Gasteiger partial charge in [-0.05, 0) is 24.5 Å². The van der Waals surface area contributed by atoms with Crippen molar-refractivity contribution in [3.05, 3.63) is 18.2 Å². The maximum Gasteiger partial charge on any atom is 0.315 e. The molecule has 160 valence electrons. The average Bonchev–Trinajstić information content (AvgIpc) is 3.03. The van der Waals surface area contributed by atoms with Crippen molar-refractivity contribution >= 4 is 27.5 Å². The second-order valence-corrected chi connectivity index (χ2v) is 9.66. The number of benzene rings is 1. The van der Waals surface area contributed by atoms with E-state index in [0.29, 0.717) is 43.2 Å². The number of sulfone groups is 1. The van der Waals surface area contributed by atoms with Crippen molar-refractivity contribution in [3.63, 3.8) is 0 Å². The van der Waals surface area contributed by atoms with Crippen LogP contribution in [0.25, 0.3) is 0 Å². The summed E-state index contributed by atoms with van der Waals surface area (Å²) in [6, 6.07) is 3.37. The number of anilines is 1. The third-order valence-electron chi connectivity index (χ3n) is 5.16. The van der Waals surface area contributed by atoms with Crippen LogP contribution in [0.15, 0.2) is 18.2 Å². The minimum atomic E-state index is -3.10. The van der Waals surface area contributed by atoms with E-state index in [1.807, 2.05) is 13.8 Å². The van der Waals surface area contributed by atoms with Crippen molar-refractivity contribution in [1.29, 1.82) is 0 Å². The summed E-state index contributed by atoms with van der Waals surface area (Å²) in [7, 11) is -3.10. The highest BCUT2D eigenvalue weighted by molar-refractivity contribution is 7.91. The molecular weight excluding hydrogens is 398 g/mol. The van der Waals surface area contributed by atoms with Gasteiger partial charge in [-0.15, -0.1) is 0 Å². The molecule has 2 aliphatic rings. The standard InChI is InChI=1S/C19H27N3O6S/c1-3-12(2)17(22-19(24)21-14-6-9-29(25,26)11-14)18(23)20-13-4-5-15-16(10-13)28-8-7-27-15/h4-5,10,12,14,17H,3,6-9,11H2,1-2H3,(H,20,23)(H2,21,22,24)/t12-,14?,17+/m1/s1. The molecule has 3 N–H and O–H groups in total. The molecule has 0 saturated carbocycles. The number of hydrogen-bond donors (Lipinski definition) is 3. The van der Waals surface area contributed by atoms with E-state index in [2.05, 4.69) is 16.0 Å². The number of carbonyl (C=O) groups excluding carboxylic acids is 2. The van der Waals surface area contributed by atoms with Crippen LogP contribution in [0, 0.1) is 5.92 Å². The molecular formula is C19H27N3O6S. The van der Waals surface area contributed by atoms with E-state index < -0.39 is 28.0 Å². The lowest BCUT2D eigenvalue weighted by Gasteiger charge is -2.25. The van der Waals surface area contributed by atoms with Gasteiger partial charge >= 0.3 is 6.03 Å². The molecule has 1 unspecified atom stereocenters. The number of carbonyl (C=O) groups is 2. The number of hydrogen-bond acceptors (Lipinski definition) is 6. The summed E-state index contributed by atoms with van der Waals surface area (Å²) in [5, 5.41) is 8.16. The Morgan fingerprint density at radius 1 is 1.21 bits per heavy atom. The van der Waals surface area contributed by atoms with E-state index in [4.69, 9.17) is 9.47 Å². The third kappa shape index (κ3) is 5.53. The van der Waals surface area contributed by atoms with Crippen LogP contribution in [0.5, 0.6) is 11.5 Å². The summed E-state index contributed by atoms with van der Waals surface area (Å²) in [6.07, 6.45) is 1.06. The molecule has 0 aliphatic carbocycles. The zero-order valence-corrected chi connectivity index (χ0v) is 17.4. The van der Waals surface area contributed by atoms with E-state index >= 15 is 0 Å². The molecule has 3 amide bonds. The Balaban J connectivity index is 1.63. The largest absolute Gasteiger partial charge is 0.486 e. The van der Waals surface area contributed by atoms with Crippen molar-refractivity contribution in [2.45, 2.75) is 38.8 Å². The first-order valence-electron chi connectivity index (χ1n) is 9.75. The first-order chi connectivity index (χ1) is 13.8. The first kappa shape index (κ1) is 21.2. The molecule has 1 aromatic carbocycles. The van der Waals surface area contributed by atoms with Gasteiger partial charge in [0.15, 0.2) is 21.3 Å². The van der Waals surface area contributed by atoms with Crippen LogP contribution in [0.3, 0.4) is 0 Å². The van der Waals surface area contributed by atoms with Gasteiger partial charge in [-0.3, -0.25) is 4.79 Å². The number of fused-ring (bicyclic) bond motifs is 1. The Morgan fingerprint density at radius 2 is 1.93 bits per heavy atom. The smallest absolute Gasteiger partial charge is 0.315 e. The van der Waals surface area contributed by atoms with Crippen molar-refractivity contribution in [2.24, 2.45) is 5.92 Å². The van der Waals surface area contributed by atoms with Crippen LogP contribution in [0.4, 0.5) is 10.5 Å². The second kappa shape index (κ2) is 8.89. The lowest BCUT2D eigenvalue weighted by Crippen LogP contribution is -2.53. The summed E-state index contributed by atoms with van der Waals surface area (Å²) >= 11 is 0. The zero-order valence-electron chi connectivity index (χ0n) is 16.6. The van der Waals surface area contributed by atoms with Gasteiger partial charge in [0, 0.05) is 17.8 Å². The van der Waals surface area contributed by atoms with E-state index in [1.165, 1.54) is 0 Å². The van der Waals surface area contributed by atoms with Crippen molar-refractivity contribution in [2.75, 3.05) is 30.0 Å². The van der Waals surface area contributed by atoms with Crippen molar-refractivity contribution < 1.29 is 27.5 Å². The van der Waals surface area contributed by atoms with Crippen LogP contribution in [0.1, 0.15) is 26.7 Å². The average molecular weight is 426 g/mol. The van der Waals surface area contributed by atoms with E-state index in [-0.39, 0.29) is 23.3 Å². The Kier molecular flexibility index (Phi) is 6.51. The summed E-state index contributed by atoms with van der Waals surface area (Å²) in [4.78, 5) is 25.2. The molecule has 3 atom stereocenters. The molecule has 0 spiro atoms. The molecule has 29 heavy (non-hydrogen) atoms. The van der Waals surface area contributed by atoms with Gasteiger partial charge in [0.2, 0.25) is 5.91 Å². The molecule has 1 aromatic rings. The minimum Gasteiger partial charge on any atom is -0.486 e. The number of urea groups is 1. The minimum absolute atomic E-state index is 0.0668. The fourth-order valence-corrected chi connectivity index (χ4v) is 4.99. The third-order valence-corrected chi connectivity index (χ3v) is 6.93. The summed E-state index contributed by atoms with van der Waals surface area (Å²) < 4.78 is 34.1. The van der Waals surface area contributed by atoms with Gasteiger partial charge in [-0.1, -0.05) is 20.3 Å².